The Morgan fingerprint density at radius 3 is 2.50 bits per heavy atom. The summed E-state index contributed by atoms with van der Waals surface area (Å²) < 4.78 is 36.2. The first-order chi connectivity index (χ1) is 6.33. The third-order valence-electron chi connectivity index (χ3n) is 1.67. The van der Waals surface area contributed by atoms with Crippen LogP contribution in [-0.2, 0) is 4.79 Å². The quantitative estimate of drug-likeness (QED) is 0.772. The van der Waals surface area contributed by atoms with E-state index in [4.69, 9.17) is 5.11 Å². The number of aliphatic carboxylic acids is 1. The molecule has 0 aliphatic carbocycles. The van der Waals surface area contributed by atoms with Crippen LogP contribution in [0.4, 0.5) is 13.2 Å². The highest BCUT2D eigenvalue weighted by Gasteiger charge is 2.44. The predicted molar refractivity (Wildman–Crippen MR) is 39.7 cm³/mol. The molecule has 0 aromatic carbocycles. The molecule has 0 fully saturated rings. The molecule has 1 aliphatic rings. The van der Waals surface area contributed by atoms with Gasteiger partial charge in [0, 0.05) is 6.20 Å². The van der Waals surface area contributed by atoms with Crippen molar-refractivity contribution in [2.24, 2.45) is 10.2 Å². The van der Waals surface area contributed by atoms with Crippen LogP contribution in [0.25, 0.3) is 0 Å². The number of carbonyl (C=O) groups is 1. The molecule has 0 aromatic rings. The lowest BCUT2D eigenvalue weighted by atomic mass is 9.92. The van der Waals surface area contributed by atoms with Crippen LogP contribution in [0.15, 0.2) is 22.5 Å². The van der Waals surface area contributed by atoms with Crippen molar-refractivity contribution in [3.8, 4) is 0 Å². The van der Waals surface area contributed by atoms with Gasteiger partial charge in [-0.25, -0.2) is 0 Å². The summed E-state index contributed by atoms with van der Waals surface area (Å²) in [6, 6.07) is 0. The molecule has 4 nitrogen and oxygen atoms in total. The summed E-state index contributed by atoms with van der Waals surface area (Å²) in [5.74, 6) is -1.33. The van der Waals surface area contributed by atoms with Crippen molar-refractivity contribution in [3.63, 3.8) is 0 Å². The lowest BCUT2D eigenvalue weighted by Gasteiger charge is -2.21. The van der Waals surface area contributed by atoms with Crippen molar-refractivity contribution in [2.75, 3.05) is 0 Å². The van der Waals surface area contributed by atoms with Gasteiger partial charge in [-0.1, -0.05) is 0 Å². The highest BCUT2D eigenvalue weighted by Crippen LogP contribution is 2.36. The van der Waals surface area contributed by atoms with Gasteiger partial charge >= 0.3 is 12.1 Å². The maximum absolute atomic E-state index is 12.1. The normalized spacial score (nSPS) is 25.6. The van der Waals surface area contributed by atoms with Crippen LogP contribution in [0.3, 0.4) is 0 Å². The second kappa shape index (κ2) is 3.39. The number of carboxylic acids is 1. The second-order valence-electron chi connectivity index (χ2n) is 3.00. The Labute approximate surface area is 77.1 Å². The number of rotatable bonds is 3. The standard InChI is InChI=1S/C7H7F3N2O2/c8-7(9,10)4-6(3-5(13)14)1-2-11-12-6/h1-2H,3-4H2,(H,13,14). The minimum Gasteiger partial charge on any atom is -0.481 e. The number of hydrogen-bond donors (Lipinski definition) is 1. The van der Waals surface area contributed by atoms with E-state index in [0.29, 0.717) is 0 Å². The van der Waals surface area contributed by atoms with Gasteiger partial charge in [-0.15, -0.1) is 0 Å². The minimum absolute atomic E-state index is 0.702. The topological polar surface area (TPSA) is 62.0 Å². The van der Waals surface area contributed by atoms with E-state index in [-0.39, 0.29) is 0 Å². The van der Waals surface area contributed by atoms with E-state index in [9.17, 15) is 18.0 Å². The average Bonchev–Trinajstić information content (AvgIpc) is 2.30. The van der Waals surface area contributed by atoms with Crippen LogP contribution in [0.5, 0.6) is 0 Å². The molecule has 14 heavy (non-hydrogen) atoms. The molecular formula is C7H7F3N2O2. The average molecular weight is 208 g/mol. The molecule has 1 heterocycles. The van der Waals surface area contributed by atoms with Crippen LogP contribution in [0.2, 0.25) is 0 Å². The van der Waals surface area contributed by atoms with Crippen LogP contribution < -0.4 is 0 Å². The van der Waals surface area contributed by atoms with Crippen molar-refractivity contribution >= 4 is 5.97 Å². The van der Waals surface area contributed by atoms with E-state index < -0.39 is 30.5 Å². The molecule has 0 aromatic heterocycles. The Morgan fingerprint density at radius 2 is 2.14 bits per heavy atom. The maximum Gasteiger partial charge on any atom is 0.391 e. The number of nitrogens with zero attached hydrogens (tertiary/aromatic N) is 2. The predicted octanol–water partition coefficient (Wildman–Crippen LogP) is 2.13. The molecule has 7 heteroatoms. The van der Waals surface area contributed by atoms with Gasteiger partial charge in [0.2, 0.25) is 0 Å². The summed E-state index contributed by atoms with van der Waals surface area (Å²) in [7, 11) is 0. The molecule has 1 atom stereocenters. The number of azo groups is 1. The monoisotopic (exact) mass is 208 g/mol. The van der Waals surface area contributed by atoms with E-state index in [1.807, 2.05) is 0 Å². The van der Waals surface area contributed by atoms with E-state index in [1.165, 1.54) is 0 Å². The van der Waals surface area contributed by atoms with Gasteiger partial charge in [0.25, 0.3) is 0 Å². The molecule has 1 unspecified atom stereocenters. The molecule has 0 bridgehead atoms. The summed E-state index contributed by atoms with van der Waals surface area (Å²) in [5.41, 5.74) is -1.75. The van der Waals surface area contributed by atoms with Gasteiger partial charge in [0.1, 0.15) is 5.54 Å². The third-order valence-corrected chi connectivity index (χ3v) is 1.67. The molecule has 1 N–H and O–H groups in total. The van der Waals surface area contributed by atoms with E-state index >= 15 is 0 Å². The molecule has 1 aliphatic heterocycles. The fourth-order valence-electron chi connectivity index (χ4n) is 1.21. The van der Waals surface area contributed by atoms with E-state index in [0.717, 1.165) is 12.3 Å². The van der Waals surface area contributed by atoms with Gasteiger partial charge in [-0.05, 0) is 6.08 Å². The number of carboxylic acid groups (broad SMARTS) is 1. The van der Waals surface area contributed by atoms with Gasteiger partial charge < -0.3 is 5.11 Å². The third kappa shape index (κ3) is 2.82. The van der Waals surface area contributed by atoms with Crippen molar-refractivity contribution in [3.05, 3.63) is 12.3 Å². The van der Waals surface area contributed by atoms with E-state index in [1.54, 1.807) is 0 Å². The molecule has 78 valence electrons. The van der Waals surface area contributed by atoms with Crippen LogP contribution in [0, 0.1) is 0 Å². The molecule has 0 radical (unpaired) electrons. The van der Waals surface area contributed by atoms with Crippen molar-refractivity contribution in [1.29, 1.82) is 0 Å². The Kier molecular flexibility index (Phi) is 2.59. The molecule has 0 saturated heterocycles. The molecule has 0 spiro atoms. The summed E-state index contributed by atoms with van der Waals surface area (Å²) in [4.78, 5) is 10.3. The van der Waals surface area contributed by atoms with E-state index in [2.05, 4.69) is 10.2 Å². The maximum atomic E-state index is 12.1. The highest BCUT2D eigenvalue weighted by molar-refractivity contribution is 5.69. The van der Waals surface area contributed by atoms with Crippen LogP contribution >= 0.6 is 0 Å². The number of alkyl halides is 3. The van der Waals surface area contributed by atoms with Crippen molar-refractivity contribution in [1.82, 2.24) is 0 Å². The Hall–Kier alpha value is -1.40. The summed E-state index contributed by atoms with van der Waals surface area (Å²) in [6.07, 6.45) is -4.31. The molecule has 0 saturated carbocycles. The molecular weight excluding hydrogens is 201 g/mol. The summed E-state index contributed by atoms with van der Waals surface area (Å²) in [5, 5.41) is 15.0. The lowest BCUT2D eigenvalue weighted by molar-refractivity contribution is -0.149. The minimum atomic E-state index is -4.46. The molecule has 1 rings (SSSR count). The molecule has 0 amide bonds. The summed E-state index contributed by atoms with van der Waals surface area (Å²) >= 11 is 0. The second-order valence-corrected chi connectivity index (χ2v) is 3.00. The van der Waals surface area contributed by atoms with Crippen molar-refractivity contribution < 1.29 is 23.1 Å². The smallest absolute Gasteiger partial charge is 0.391 e. The number of halogens is 3. The Balaban J connectivity index is 2.79. The zero-order valence-electron chi connectivity index (χ0n) is 6.95. The van der Waals surface area contributed by atoms with Gasteiger partial charge in [0.05, 0.1) is 12.8 Å². The first-order valence-electron chi connectivity index (χ1n) is 3.71. The Morgan fingerprint density at radius 1 is 1.50 bits per heavy atom. The van der Waals surface area contributed by atoms with Gasteiger partial charge in [0.15, 0.2) is 0 Å². The lowest BCUT2D eigenvalue weighted by Crippen LogP contribution is -2.32. The fourth-order valence-corrected chi connectivity index (χ4v) is 1.21. The van der Waals surface area contributed by atoms with Gasteiger partial charge in [-0.2, -0.15) is 23.4 Å². The SMILES string of the molecule is O=C(O)CC1(CC(F)(F)F)C=CN=N1. The first kappa shape index (κ1) is 10.7. The van der Waals surface area contributed by atoms with Crippen LogP contribution in [-0.4, -0.2) is 22.8 Å². The number of hydrogen-bond acceptors (Lipinski definition) is 3. The van der Waals surface area contributed by atoms with Crippen LogP contribution in [0.1, 0.15) is 12.8 Å². The largest absolute Gasteiger partial charge is 0.481 e. The zero-order chi connectivity index (χ0) is 10.8. The first-order valence-corrected chi connectivity index (χ1v) is 3.71. The zero-order valence-corrected chi connectivity index (χ0v) is 6.95. The van der Waals surface area contributed by atoms with Gasteiger partial charge in [-0.3, -0.25) is 4.79 Å². The fraction of sp³-hybridized carbons (Fsp3) is 0.571. The summed E-state index contributed by atoms with van der Waals surface area (Å²) in [6.45, 7) is 0. The highest BCUT2D eigenvalue weighted by atomic mass is 19.4. The Bertz CT molecular complexity index is 284. The van der Waals surface area contributed by atoms with Crippen molar-refractivity contribution in [2.45, 2.75) is 24.6 Å².